The molecule has 1 aromatic carbocycles. The van der Waals surface area contributed by atoms with Gasteiger partial charge >= 0.3 is 6.09 Å². The lowest BCUT2D eigenvalue weighted by atomic mass is 10.0. The number of hydrogen-bond acceptors (Lipinski definition) is 10. The number of nitrogens with zero attached hydrogens (tertiary/aromatic N) is 4. The zero-order chi connectivity index (χ0) is 29.7. The molecule has 2 aliphatic rings. The summed E-state index contributed by atoms with van der Waals surface area (Å²) in [5.41, 5.74) is 4.79. The average molecular weight is 605 g/mol. The summed E-state index contributed by atoms with van der Waals surface area (Å²) < 4.78 is 10.7. The number of hydrogen-bond donors (Lipinski definition) is 4. The Hall–Kier alpha value is -3.38. The predicted octanol–water partition coefficient (Wildman–Crippen LogP) is 3.43. The molecule has 2 aliphatic heterocycles. The van der Waals surface area contributed by atoms with Gasteiger partial charge in [0.05, 0.1) is 28.6 Å². The van der Waals surface area contributed by atoms with Crippen molar-refractivity contribution >= 4 is 47.0 Å². The molecule has 13 heteroatoms. The molecule has 0 saturated carbocycles. The number of aromatic nitrogens is 2. The number of carbonyl (C=O) groups excluding carboxylic acids is 1. The summed E-state index contributed by atoms with van der Waals surface area (Å²) in [6.07, 6.45) is 0.807. The van der Waals surface area contributed by atoms with Crippen LogP contribution in [-0.2, 0) is 4.74 Å². The highest BCUT2D eigenvalue weighted by atomic mass is 35.5. The molecular formula is C28H35Cl2N7O4. The van der Waals surface area contributed by atoms with E-state index in [-0.39, 0.29) is 17.7 Å². The molecule has 11 nitrogen and oxygen atoms in total. The lowest BCUT2D eigenvalue weighted by molar-refractivity contribution is 0.108. The molecule has 1 amide bonds. The van der Waals surface area contributed by atoms with Crippen molar-refractivity contribution in [3.63, 3.8) is 0 Å². The van der Waals surface area contributed by atoms with E-state index in [1.165, 1.54) is 18.3 Å². The van der Waals surface area contributed by atoms with Crippen molar-refractivity contribution in [3.05, 3.63) is 50.7 Å². The molecule has 0 radical (unpaired) electrons. The van der Waals surface area contributed by atoms with Gasteiger partial charge in [-0.15, -0.1) is 0 Å². The minimum atomic E-state index is -0.677. The van der Waals surface area contributed by atoms with E-state index >= 15 is 0 Å². The smallest absolute Gasteiger partial charge is 0.409 e. The number of ether oxygens (including phenoxy) is 2. The SMILES string of the molecule is CNC[C@@H](O)COc1ccc(Cl)c(-c2nc(/C(NC)=C(\Cl)C=N)c(C)c(N3CC4=C(CN(C(=O)OC)CC4)C3)n2)c1. The average Bonchev–Trinajstić information content (AvgIpc) is 3.40. The Kier molecular flexibility index (Phi) is 10.1. The third-order valence-corrected chi connectivity index (χ3v) is 7.72. The van der Waals surface area contributed by atoms with Crippen LogP contribution in [0.25, 0.3) is 17.1 Å². The predicted molar refractivity (Wildman–Crippen MR) is 161 cm³/mol. The van der Waals surface area contributed by atoms with E-state index < -0.39 is 6.10 Å². The number of aliphatic hydroxyl groups is 1. The number of likely N-dealkylation sites (N-methyl/N-ethyl adjacent to an activating group) is 1. The summed E-state index contributed by atoms with van der Waals surface area (Å²) in [4.78, 5) is 25.8. The van der Waals surface area contributed by atoms with Crippen LogP contribution in [0.1, 0.15) is 17.7 Å². The first-order valence-electron chi connectivity index (χ1n) is 13.2. The van der Waals surface area contributed by atoms with Crippen molar-refractivity contribution in [1.82, 2.24) is 25.5 Å². The van der Waals surface area contributed by atoms with Crippen molar-refractivity contribution in [1.29, 1.82) is 5.41 Å². The van der Waals surface area contributed by atoms with Gasteiger partial charge in [0.1, 0.15) is 24.3 Å². The number of halogens is 2. The molecule has 1 atom stereocenters. The van der Waals surface area contributed by atoms with E-state index in [1.807, 2.05) is 6.92 Å². The monoisotopic (exact) mass is 603 g/mol. The number of amides is 1. The molecule has 2 aromatic rings. The van der Waals surface area contributed by atoms with Crippen LogP contribution in [-0.4, -0.2) is 98.9 Å². The summed E-state index contributed by atoms with van der Waals surface area (Å²) in [6, 6.07) is 5.18. The molecule has 41 heavy (non-hydrogen) atoms. The Balaban J connectivity index is 1.75. The molecular weight excluding hydrogens is 569 g/mol. The van der Waals surface area contributed by atoms with Crippen molar-refractivity contribution < 1.29 is 19.4 Å². The quantitative estimate of drug-likeness (QED) is 0.238. The van der Waals surface area contributed by atoms with E-state index in [0.717, 1.165) is 18.2 Å². The van der Waals surface area contributed by atoms with Gasteiger partial charge in [-0.25, -0.2) is 14.8 Å². The lowest BCUT2D eigenvalue weighted by Crippen LogP contribution is -2.37. The second-order valence-corrected chi connectivity index (χ2v) is 10.6. The fourth-order valence-corrected chi connectivity index (χ4v) is 5.41. The lowest BCUT2D eigenvalue weighted by Gasteiger charge is -2.26. The minimum absolute atomic E-state index is 0.0995. The normalized spacial score (nSPS) is 16.3. The number of anilines is 1. The first kappa shape index (κ1) is 30.6. The van der Waals surface area contributed by atoms with E-state index in [1.54, 1.807) is 37.2 Å². The van der Waals surface area contributed by atoms with Crippen molar-refractivity contribution in [2.45, 2.75) is 19.4 Å². The standard InChI is InChI=1S/C28H35Cl2N7O4/c1-16-24(25(33-3)23(30)10-31)34-26(21-9-20(5-6-22(21)29)41-15-19(38)11-32-2)35-27(16)37-12-17-7-8-36(28(39)40-4)13-18(17)14-37/h5-6,9-10,19,31-33,38H,7-8,11-15H2,1-4H3/b25-23+,31-10?/t19-/m1/s1. The van der Waals surface area contributed by atoms with Crippen LogP contribution in [0.4, 0.5) is 10.6 Å². The topological polar surface area (TPSA) is 136 Å². The number of rotatable bonds is 10. The van der Waals surface area contributed by atoms with Crippen LogP contribution in [0.2, 0.25) is 5.02 Å². The molecule has 4 N–H and O–H groups in total. The third-order valence-electron chi connectivity index (χ3n) is 7.09. The number of nitrogens with one attached hydrogen (secondary N) is 3. The van der Waals surface area contributed by atoms with Gasteiger partial charge in [-0.05, 0) is 49.7 Å². The zero-order valence-corrected chi connectivity index (χ0v) is 25.1. The summed E-state index contributed by atoms with van der Waals surface area (Å²) in [5.74, 6) is 1.56. The van der Waals surface area contributed by atoms with Gasteiger partial charge < -0.3 is 40.4 Å². The Morgan fingerprint density at radius 2 is 2.00 bits per heavy atom. The molecule has 220 valence electrons. The molecule has 0 fully saturated rings. The molecule has 0 aliphatic carbocycles. The highest BCUT2D eigenvalue weighted by Gasteiger charge is 2.32. The summed E-state index contributed by atoms with van der Waals surface area (Å²) in [5, 5.41) is 24.4. The molecule has 1 aromatic heterocycles. The number of carbonyl (C=O) groups is 1. The Morgan fingerprint density at radius 3 is 2.68 bits per heavy atom. The summed E-state index contributed by atoms with van der Waals surface area (Å²) in [7, 11) is 4.87. The number of aliphatic hydroxyl groups excluding tert-OH is 1. The van der Waals surface area contributed by atoms with E-state index in [0.29, 0.717) is 72.1 Å². The molecule has 4 rings (SSSR count). The van der Waals surface area contributed by atoms with Crippen LogP contribution in [0.3, 0.4) is 0 Å². The van der Waals surface area contributed by atoms with Gasteiger partial charge in [0.2, 0.25) is 0 Å². The maximum absolute atomic E-state index is 12.1. The van der Waals surface area contributed by atoms with Gasteiger partial charge in [0.15, 0.2) is 5.82 Å². The van der Waals surface area contributed by atoms with Gasteiger partial charge in [0, 0.05) is 57.1 Å². The highest BCUT2D eigenvalue weighted by Crippen LogP contribution is 2.37. The zero-order valence-electron chi connectivity index (χ0n) is 23.6. The fraction of sp³-hybridized carbons (Fsp3) is 0.429. The molecule has 0 spiro atoms. The maximum atomic E-state index is 12.1. The second kappa shape index (κ2) is 13.5. The van der Waals surface area contributed by atoms with Crippen molar-refractivity contribution in [3.8, 4) is 17.1 Å². The highest BCUT2D eigenvalue weighted by molar-refractivity contribution is 6.42. The summed E-state index contributed by atoms with van der Waals surface area (Å²) >= 11 is 13.1. The molecule has 3 heterocycles. The molecule has 0 saturated heterocycles. The van der Waals surface area contributed by atoms with E-state index in [4.69, 9.17) is 48.1 Å². The van der Waals surface area contributed by atoms with Crippen LogP contribution in [0.15, 0.2) is 34.4 Å². The first-order chi connectivity index (χ1) is 19.7. The number of methoxy groups -OCH3 is 1. The largest absolute Gasteiger partial charge is 0.491 e. The number of allylic oxidation sites excluding steroid dienone is 1. The van der Waals surface area contributed by atoms with Gasteiger partial charge in [-0.2, -0.15) is 0 Å². The number of benzene rings is 1. The van der Waals surface area contributed by atoms with Crippen molar-refractivity contribution in [2.24, 2.45) is 0 Å². The second-order valence-electron chi connectivity index (χ2n) is 9.83. The van der Waals surface area contributed by atoms with Gasteiger partial charge in [-0.1, -0.05) is 23.2 Å². The van der Waals surface area contributed by atoms with Crippen LogP contribution in [0.5, 0.6) is 5.75 Å². The van der Waals surface area contributed by atoms with Crippen LogP contribution < -0.4 is 20.3 Å². The maximum Gasteiger partial charge on any atom is 0.409 e. The Labute approximate surface area is 249 Å². The van der Waals surface area contributed by atoms with E-state index in [9.17, 15) is 9.90 Å². The van der Waals surface area contributed by atoms with Crippen molar-refractivity contribution in [2.75, 3.05) is 65.4 Å². The van der Waals surface area contributed by atoms with Gasteiger partial charge in [0.25, 0.3) is 0 Å². The van der Waals surface area contributed by atoms with Gasteiger partial charge in [-0.3, -0.25) is 0 Å². The van der Waals surface area contributed by atoms with E-state index in [2.05, 4.69) is 15.5 Å². The van der Waals surface area contributed by atoms with Crippen LogP contribution in [0, 0.1) is 12.3 Å². The third kappa shape index (κ3) is 6.75. The summed E-state index contributed by atoms with van der Waals surface area (Å²) in [6.45, 7) is 4.78. The Morgan fingerprint density at radius 1 is 1.24 bits per heavy atom. The first-order valence-corrected chi connectivity index (χ1v) is 14.0. The Bertz CT molecular complexity index is 1380. The molecule has 0 unspecified atom stereocenters. The fourth-order valence-electron chi connectivity index (χ4n) is 5.02. The minimum Gasteiger partial charge on any atom is -0.491 e. The van der Waals surface area contributed by atoms with Crippen LogP contribution >= 0.6 is 23.2 Å². The molecule has 0 bridgehead atoms.